The predicted molar refractivity (Wildman–Crippen MR) is 153 cm³/mol. The molecule has 5 atom stereocenters. The Morgan fingerprint density at radius 3 is 2.30 bits per heavy atom. The van der Waals surface area contributed by atoms with E-state index in [0.717, 1.165) is 30.2 Å². The van der Waals surface area contributed by atoms with Gasteiger partial charge in [0.05, 0.1) is 17.6 Å². The van der Waals surface area contributed by atoms with Gasteiger partial charge in [0.25, 0.3) is 5.56 Å². The van der Waals surface area contributed by atoms with Crippen LogP contribution in [-0.4, -0.2) is 69.7 Å². The first-order valence-corrected chi connectivity index (χ1v) is 15.2. The van der Waals surface area contributed by atoms with Crippen molar-refractivity contribution in [2.75, 3.05) is 20.3 Å². The van der Waals surface area contributed by atoms with Crippen LogP contribution in [0.4, 0.5) is 0 Å². The standard InChI is InChI=1S/C31H42N4O5/c1-39-13-14-40-33-29(31(37)38)28-30(36)35(27-12-5-4-11-26(27)32-28)25-18-22-9-6-10-23(19-25)34(22)24-16-20-7-2-3-8-21(15-20)17-24/h4-5,11-12,20-25H,2-3,6-10,13-19H2,1H3,(H,37,38)/b33-29-/t20?,21?,22-,23+,24?,25+. The summed E-state index contributed by atoms with van der Waals surface area (Å²) in [6, 6.07) is 9.09. The molecule has 6 rings (SSSR count). The molecule has 3 heterocycles. The first-order valence-electron chi connectivity index (χ1n) is 15.2. The minimum absolute atomic E-state index is 0.0129. The highest BCUT2D eigenvalue weighted by atomic mass is 16.6. The third kappa shape index (κ3) is 5.42. The average Bonchev–Trinajstić information content (AvgIpc) is 3.11. The zero-order valence-electron chi connectivity index (χ0n) is 23.5. The number of carboxylic acids is 1. The summed E-state index contributed by atoms with van der Waals surface area (Å²) >= 11 is 0. The molecule has 2 saturated carbocycles. The van der Waals surface area contributed by atoms with Gasteiger partial charge in [-0.3, -0.25) is 9.69 Å². The third-order valence-electron chi connectivity index (χ3n) is 9.90. The molecule has 2 unspecified atom stereocenters. The van der Waals surface area contributed by atoms with E-state index in [2.05, 4.69) is 15.0 Å². The molecular weight excluding hydrogens is 508 g/mol. The van der Waals surface area contributed by atoms with Gasteiger partial charge in [-0.1, -0.05) is 49.4 Å². The normalized spacial score (nSPS) is 31.1. The summed E-state index contributed by atoms with van der Waals surface area (Å²) in [4.78, 5) is 38.8. The second-order valence-corrected chi connectivity index (χ2v) is 12.4. The second kappa shape index (κ2) is 12.0. The fourth-order valence-corrected chi connectivity index (χ4v) is 8.39. The number of hydrogen-bond donors (Lipinski definition) is 1. The third-order valence-corrected chi connectivity index (χ3v) is 9.90. The molecule has 40 heavy (non-hydrogen) atoms. The van der Waals surface area contributed by atoms with E-state index in [0.29, 0.717) is 23.6 Å². The maximum absolute atomic E-state index is 14.1. The maximum atomic E-state index is 14.1. The Labute approximate surface area is 235 Å². The molecule has 9 nitrogen and oxygen atoms in total. The van der Waals surface area contributed by atoms with Crippen molar-refractivity contribution in [3.8, 4) is 0 Å². The van der Waals surface area contributed by atoms with Gasteiger partial charge in [-0.2, -0.15) is 0 Å². The number of aliphatic carboxylic acids is 1. The van der Waals surface area contributed by atoms with Gasteiger partial charge in [0, 0.05) is 31.3 Å². The van der Waals surface area contributed by atoms with E-state index in [1.165, 1.54) is 71.3 Å². The van der Waals surface area contributed by atoms with Crippen molar-refractivity contribution < 1.29 is 19.5 Å². The largest absolute Gasteiger partial charge is 0.476 e. The molecule has 9 heteroatoms. The lowest BCUT2D eigenvalue weighted by atomic mass is 9.73. The average molecular weight is 551 g/mol. The van der Waals surface area contributed by atoms with E-state index in [1.807, 2.05) is 28.8 Å². The van der Waals surface area contributed by atoms with Gasteiger partial charge in [0.15, 0.2) is 5.69 Å². The summed E-state index contributed by atoms with van der Waals surface area (Å²) in [5.41, 5.74) is 0.291. The van der Waals surface area contributed by atoms with Crippen LogP contribution in [0.5, 0.6) is 0 Å². The van der Waals surface area contributed by atoms with E-state index in [-0.39, 0.29) is 24.9 Å². The molecule has 2 aromatic rings. The van der Waals surface area contributed by atoms with Crippen LogP contribution in [0.3, 0.4) is 0 Å². The van der Waals surface area contributed by atoms with Crippen LogP contribution < -0.4 is 5.56 Å². The number of oxime groups is 1. The van der Waals surface area contributed by atoms with Gasteiger partial charge in [-0.05, 0) is 68.9 Å². The van der Waals surface area contributed by atoms with Crippen LogP contribution in [-0.2, 0) is 14.4 Å². The lowest BCUT2D eigenvalue weighted by molar-refractivity contribution is -0.129. The van der Waals surface area contributed by atoms with Gasteiger partial charge >= 0.3 is 5.97 Å². The van der Waals surface area contributed by atoms with Crippen molar-refractivity contribution in [2.45, 2.75) is 101 Å². The molecule has 2 saturated heterocycles. The number of rotatable bonds is 8. The number of carboxylic acid groups (broad SMARTS) is 1. The van der Waals surface area contributed by atoms with E-state index in [1.54, 1.807) is 0 Å². The molecule has 1 N–H and O–H groups in total. The van der Waals surface area contributed by atoms with Crippen molar-refractivity contribution in [2.24, 2.45) is 17.0 Å². The zero-order chi connectivity index (χ0) is 27.6. The number of ether oxygens (including phenoxy) is 1. The molecule has 216 valence electrons. The highest BCUT2D eigenvalue weighted by Crippen LogP contribution is 2.47. The fraction of sp³-hybridized carbons (Fsp3) is 0.677. The summed E-state index contributed by atoms with van der Waals surface area (Å²) in [6.07, 6.45) is 15.0. The van der Waals surface area contributed by atoms with Crippen molar-refractivity contribution in [1.29, 1.82) is 0 Å². The number of para-hydroxylation sites is 2. The van der Waals surface area contributed by atoms with E-state index in [9.17, 15) is 14.7 Å². The van der Waals surface area contributed by atoms with E-state index < -0.39 is 17.2 Å². The van der Waals surface area contributed by atoms with Crippen LogP contribution >= 0.6 is 0 Å². The first-order chi connectivity index (χ1) is 19.5. The lowest BCUT2D eigenvalue weighted by Crippen LogP contribution is -2.58. The number of fused-ring (bicyclic) bond motifs is 5. The molecule has 4 bridgehead atoms. The smallest absolute Gasteiger partial charge is 0.360 e. The molecule has 0 amide bonds. The molecule has 4 aliphatic rings. The van der Waals surface area contributed by atoms with Crippen molar-refractivity contribution in [3.63, 3.8) is 0 Å². The number of hydrogen-bond acceptors (Lipinski definition) is 7. The van der Waals surface area contributed by atoms with Gasteiger partial charge in [0.1, 0.15) is 6.61 Å². The number of carbonyl (C=O) groups is 1. The molecule has 1 aromatic heterocycles. The monoisotopic (exact) mass is 550 g/mol. The molecule has 1 aromatic carbocycles. The lowest BCUT2D eigenvalue weighted by Gasteiger charge is -2.54. The van der Waals surface area contributed by atoms with Gasteiger partial charge in [-0.25, -0.2) is 9.78 Å². The van der Waals surface area contributed by atoms with Crippen LogP contribution in [0.25, 0.3) is 11.0 Å². The quantitative estimate of drug-likeness (QED) is 0.287. The molecule has 4 fully saturated rings. The van der Waals surface area contributed by atoms with Gasteiger partial charge in [-0.15, -0.1) is 0 Å². The molecular formula is C31H42N4O5. The second-order valence-electron chi connectivity index (χ2n) is 12.4. The summed E-state index contributed by atoms with van der Waals surface area (Å²) in [6.45, 7) is 0.343. The number of benzene rings is 1. The highest BCUT2D eigenvalue weighted by Gasteiger charge is 2.45. The Bertz CT molecular complexity index is 1280. The molecule has 0 spiro atoms. The Balaban J connectivity index is 1.33. The van der Waals surface area contributed by atoms with Crippen molar-refractivity contribution >= 4 is 22.7 Å². The number of methoxy groups -OCH3 is 1. The summed E-state index contributed by atoms with van der Waals surface area (Å²) in [5.74, 6) is 0.409. The van der Waals surface area contributed by atoms with Crippen LogP contribution in [0.2, 0.25) is 0 Å². The zero-order valence-corrected chi connectivity index (χ0v) is 23.5. The highest BCUT2D eigenvalue weighted by molar-refractivity contribution is 6.41. The van der Waals surface area contributed by atoms with Crippen LogP contribution in [0.1, 0.15) is 88.8 Å². The maximum Gasteiger partial charge on any atom is 0.360 e. The van der Waals surface area contributed by atoms with Gasteiger partial charge in [0.2, 0.25) is 5.71 Å². The fourth-order valence-electron chi connectivity index (χ4n) is 8.39. The van der Waals surface area contributed by atoms with Crippen molar-refractivity contribution in [1.82, 2.24) is 14.5 Å². The Kier molecular flexibility index (Phi) is 8.21. The Morgan fingerprint density at radius 2 is 1.62 bits per heavy atom. The first kappa shape index (κ1) is 27.4. The SMILES string of the molecule is COCCO/N=C(\C(=O)O)c1nc2ccccc2n([C@H]2C[C@H]3CCC[C@@H](C2)N3C2CC3CCCCC(C3)C2)c1=O. The minimum atomic E-state index is -1.34. The number of aromatic nitrogens is 2. The summed E-state index contributed by atoms with van der Waals surface area (Å²) in [7, 11) is 1.52. The van der Waals surface area contributed by atoms with Crippen molar-refractivity contribution in [3.05, 3.63) is 40.3 Å². The number of piperidine rings is 2. The predicted octanol–water partition coefficient (Wildman–Crippen LogP) is 4.77. The summed E-state index contributed by atoms with van der Waals surface area (Å²) < 4.78 is 6.79. The van der Waals surface area contributed by atoms with Crippen LogP contribution in [0.15, 0.2) is 34.2 Å². The Hall–Kier alpha value is -2.78. The molecule has 2 aliphatic carbocycles. The van der Waals surface area contributed by atoms with Crippen LogP contribution in [0, 0.1) is 11.8 Å². The topological polar surface area (TPSA) is 106 Å². The van der Waals surface area contributed by atoms with E-state index >= 15 is 0 Å². The van der Waals surface area contributed by atoms with E-state index in [4.69, 9.17) is 9.57 Å². The number of nitrogens with zero attached hydrogens (tertiary/aromatic N) is 4. The molecule has 2 aliphatic heterocycles. The summed E-state index contributed by atoms with van der Waals surface area (Å²) in [5, 5.41) is 13.7. The molecule has 0 radical (unpaired) electrons. The Morgan fingerprint density at radius 1 is 0.925 bits per heavy atom. The van der Waals surface area contributed by atoms with Gasteiger partial charge < -0.3 is 19.2 Å². The minimum Gasteiger partial charge on any atom is -0.476 e.